The Morgan fingerprint density at radius 1 is 1.45 bits per heavy atom. The largest absolute Gasteiger partial charge is 0.416 e. The molecule has 1 aliphatic rings. The predicted octanol–water partition coefficient (Wildman–Crippen LogP) is 1.54. The van der Waals surface area contributed by atoms with Gasteiger partial charge in [0.1, 0.15) is 6.10 Å². The Labute approximate surface area is 123 Å². The number of fused-ring (bicyclic) bond motifs is 1. The topological polar surface area (TPSA) is 68.5 Å². The summed E-state index contributed by atoms with van der Waals surface area (Å²) in [6.45, 7) is 0.636. The summed E-state index contributed by atoms with van der Waals surface area (Å²) in [5, 5.41) is 10.2. The minimum Gasteiger partial charge on any atom is -0.368 e. The highest BCUT2D eigenvalue weighted by molar-refractivity contribution is 5.80. The number of carbonyl (C=O) groups excluding carboxylic acids is 1. The molecule has 0 radical (unpaired) electrons. The van der Waals surface area contributed by atoms with Gasteiger partial charge in [-0.2, -0.15) is 13.2 Å². The van der Waals surface area contributed by atoms with Gasteiger partial charge in [-0.15, -0.1) is 10.2 Å². The number of nitrogens with zero attached hydrogens (tertiary/aromatic N) is 3. The smallest absolute Gasteiger partial charge is 0.368 e. The van der Waals surface area contributed by atoms with E-state index in [4.69, 9.17) is 4.74 Å². The molecule has 6 nitrogen and oxygen atoms in total. The summed E-state index contributed by atoms with van der Waals surface area (Å²) in [5.41, 5.74) is -0.710. The number of rotatable bonds is 3. The monoisotopic (exact) mass is 314 g/mol. The maximum absolute atomic E-state index is 12.6. The maximum Gasteiger partial charge on any atom is 0.416 e. The van der Waals surface area contributed by atoms with Crippen LogP contribution in [0.4, 0.5) is 13.2 Å². The molecule has 0 spiro atoms. The van der Waals surface area contributed by atoms with Crippen molar-refractivity contribution in [1.82, 2.24) is 19.9 Å². The first-order chi connectivity index (χ1) is 10.4. The van der Waals surface area contributed by atoms with Crippen LogP contribution in [0.1, 0.15) is 24.2 Å². The van der Waals surface area contributed by atoms with Crippen LogP contribution in [0.25, 0.3) is 5.65 Å². The second-order valence-electron chi connectivity index (χ2n) is 4.98. The molecule has 1 atom stereocenters. The standard InChI is InChI=1S/C13H13F3N4O2/c14-13(15,16)8-3-4-20-10(6-8)18-19-11(20)7-17-12(21)9-2-1-5-22-9/h3-4,6,9H,1-2,5,7H2,(H,17,21)/t9-/m0/s1. The second kappa shape index (κ2) is 5.56. The molecule has 3 rings (SSSR count). The van der Waals surface area contributed by atoms with Gasteiger partial charge in [0.2, 0.25) is 5.91 Å². The van der Waals surface area contributed by atoms with Crippen molar-refractivity contribution in [1.29, 1.82) is 0 Å². The number of aromatic nitrogens is 3. The third-order valence-corrected chi connectivity index (χ3v) is 3.45. The Morgan fingerprint density at radius 2 is 2.27 bits per heavy atom. The Bertz CT molecular complexity index is 692. The van der Waals surface area contributed by atoms with Gasteiger partial charge in [-0.1, -0.05) is 0 Å². The molecule has 118 valence electrons. The van der Waals surface area contributed by atoms with Crippen molar-refractivity contribution in [2.75, 3.05) is 6.61 Å². The number of nitrogens with one attached hydrogen (secondary N) is 1. The van der Waals surface area contributed by atoms with Crippen LogP contribution >= 0.6 is 0 Å². The lowest BCUT2D eigenvalue weighted by Gasteiger charge is -2.10. The van der Waals surface area contributed by atoms with E-state index < -0.39 is 17.8 Å². The number of carbonyl (C=O) groups is 1. The molecular formula is C13H13F3N4O2. The zero-order valence-corrected chi connectivity index (χ0v) is 11.4. The van der Waals surface area contributed by atoms with Crippen LogP contribution in [0, 0.1) is 0 Å². The molecule has 0 aromatic carbocycles. The first kappa shape index (κ1) is 14.8. The zero-order chi connectivity index (χ0) is 15.7. The SMILES string of the molecule is O=C(NCc1nnc2cc(C(F)(F)F)ccn12)[C@@H]1CCCO1. The Kier molecular flexibility index (Phi) is 3.73. The molecule has 3 heterocycles. The molecule has 9 heteroatoms. The molecule has 1 fully saturated rings. The fourth-order valence-electron chi connectivity index (χ4n) is 2.30. The van der Waals surface area contributed by atoms with Crippen LogP contribution in [-0.4, -0.2) is 33.2 Å². The molecule has 2 aromatic rings. The van der Waals surface area contributed by atoms with E-state index in [2.05, 4.69) is 15.5 Å². The van der Waals surface area contributed by atoms with Gasteiger partial charge in [0.15, 0.2) is 11.5 Å². The summed E-state index contributed by atoms with van der Waals surface area (Å²) >= 11 is 0. The Morgan fingerprint density at radius 3 is 2.95 bits per heavy atom. The average Bonchev–Trinajstić information content (AvgIpc) is 3.13. The van der Waals surface area contributed by atoms with Crippen LogP contribution in [0.3, 0.4) is 0 Å². The number of hydrogen-bond acceptors (Lipinski definition) is 4. The van der Waals surface area contributed by atoms with E-state index in [1.807, 2.05) is 0 Å². The number of ether oxygens (including phenoxy) is 1. The lowest BCUT2D eigenvalue weighted by molar-refractivity contribution is -0.137. The van der Waals surface area contributed by atoms with Gasteiger partial charge in [0.25, 0.3) is 0 Å². The summed E-state index contributed by atoms with van der Waals surface area (Å²) < 4.78 is 44.5. The fourth-order valence-corrected chi connectivity index (χ4v) is 2.30. The highest BCUT2D eigenvalue weighted by atomic mass is 19.4. The van der Waals surface area contributed by atoms with Crippen LogP contribution in [0.5, 0.6) is 0 Å². The third kappa shape index (κ3) is 2.89. The Hall–Kier alpha value is -2.16. The lowest BCUT2D eigenvalue weighted by Crippen LogP contribution is -2.34. The van der Waals surface area contributed by atoms with E-state index in [-0.39, 0.29) is 18.1 Å². The maximum atomic E-state index is 12.6. The second-order valence-corrected chi connectivity index (χ2v) is 4.98. The van der Waals surface area contributed by atoms with Gasteiger partial charge >= 0.3 is 6.18 Å². The summed E-state index contributed by atoms with van der Waals surface area (Å²) in [4.78, 5) is 11.8. The van der Waals surface area contributed by atoms with Gasteiger partial charge in [0.05, 0.1) is 12.1 Å². The van der Waals surface area contributed by atoms with Crippen molar-refractivity contribution in [2.45, 2.75) is 31.7 Å². The molecule has 0 unspecified atom stereocenters. The van der Waals surface area contributed by atoms with Crippen LogP contribution < -0.4 is 5.32 Å². The molecule has 0 bridgehead atoms. The number of halogens is 3. The summed E-state index contributed by atoms with van der Waals surface area (Å²) in [6.07, 6.45) is -2.14. The molecular weight excluding hydrogens is 301 g/mol. The lowest BCUT2D eigenvalue weighted by atomic mass is 10.2. The predicted molar refractivity (Wildman–Crippen MR) is 68.8 cm³/mol. The van der Waals surface area contributed by atoms with Crippen molar-refractivity contribution in [3.8, 4) is 0 Å². The molecule has 1 amide bonds. The van der Waals surface area contributed by atoms with Gasteiger partial charge in [-0.05, 0) is 25.0 Å². The van der Waals surface area contributed by atoms with Crippen molar-refractivity contribution in [3.05, 3.63) is 29.7 Å². The Balaban J connectivity index is 1.73. The first-order valence-electron chi connectivity index (χ1n) is 6.75. The van der Waals surface area contributed by atoms with Crippen molar-refractivity contribution in [3.63, 3.8) is 0 Å². The highest BCUT2D eigenvalue weighted by Crippen LogP contribution is 2.29. The van der Waals surface area contributed by atoms with Crippen LogP contribution in [0.15, 0.2) is 18.3 Å². The van der Waals surface area contributed by atoms with Gasteiger partial charge < -0.3 is 10.1 Å². The van der Waals surface area contributed by atoms with E-state index in [9.17, 15) is 18.0 Å². The third-order valence-electron chi connectivity index (χ3n) is 3.45. The minimum atomic E-state index is -4.43. The zero-order valence-electron chi connectivity index (χ0n) is 11.4. The molecule has 22 heavy (non-hydrogen) atoms. The molecule has 2 aromatic heterocycles. The molecule has 0 saturated carbocycles. The van der Waals surface area contributed by atoms with E-state index in [1.165, 1.54) is 10.6 Å². The molecule has 1 saturated heterocycles. The van der Waals surface area contributed by atoms with E-state index in [0.717, 1.165) is 18.6 Å². The van der Waals surface area contributed by atoms with Crippen LogP contribution in [-0.2, 0) is 22.3 Å². The van der Waals surface area contributed by atoms with Crippen molar-refractivity contribution in [2.24, 2.45) is 0 Å². The van der Waals surface area contributed by atoms with Crippen molar-refractivity contribution < 1.29 is 22.7 Å². The molecule has 1 N–H and O–H groups in total. The fraction of sp³-hybridized carbons (Fsp3) is 0.462. The van der Waals surface area contributed by atoms with E-state index in [1.54, 1.807) is 0 Å². The minimum absolute atomic E-state index is 0.0746. The summed E-state index contributed by atoms with van der Waals surface area (Å²) in [6, 6.07) is 1.86. The summed E-state index contributed by atoms with van der Waals surface area (Å²) in [5.74, 6) is 0.108. The normalized spacial score (nSPS) is 18.8. The molecule has 1 aliphatic heterocycles. The highest BCUT2D eigenvalue weighted by Gasteiger charge is 2.31. The number of amides is 1. The number of alkyl halides is 3. The van der Waals surface area contributed by atoms with E-state index >= 15 is 0 Å². The van der Waals surface area contributed by atoms with E-state index in [0.29, 0.717) is 18.9 Å². The number of hydrogen-bond donors (Lipinski definition) is 1. The van der Waals surface area contributed by atoms with Gasteiger partial charge in [-0.3, -0.25) is 9.20 Å². The van der Waals surface area contributed by atoms with Gasteiger partial charge in [0, 0.05) is 12.8 Å². The quantitative estimate of drug-likeness (QED) is 0.933. The molecule has 0 aliphatic carbocycles. The van der Waals surface area contributed by atoms with Crippen LogP contribution in [0.2, 0.25) is 0 Å². The average molecular weight is 314 g/mol. The van der Waals surface area contributed by atoms with Gasteiger partial charge in [-0.25, -0.2) is 0 Å². The number of pyridine rings is 1. The first-order valence-corrected chi connectivity index (χ1v) is 6.75. The van der Waals surface area contributed by atoms with Crippen molar-refractivity contribution >= 4 is 11.6 Å². The summed E-state index contributed by atoms with van der Waals surface area (Å²) in [7, 11) is 0.